The highest BCUT2D eigenvalue weighted by molar-refractivity contribution is 9.10. The van der Waals surface area contributed by atoms with Crippen LogP contribution >= 0.6 is 15.9 Å². The van der Waals surface area contributed by atoms with E-state index in [1.54, 1.807) is 25.1 Å². The molecule has 0 aliphatic heterocycles. The van der Waals surface area contributed by atoms with E-state index < -0.39 is 17.5 Å². The van der Waals surface area contributed by atoms with Crippen molar-refractivity contribution in [1.29, 1.82) is 5.26 Å². The number of nitriles is 1. The Bertz CT molecular complexity index is 608. The molecule has 7 heteroatoms. The molecule has 0 saturated carbocycles. The topological polar surface area (TPSA) is 93.4 Å². The Hall–Kier alpha value is -2.07. The van der Waals surface area contributed by atoms with Gasteiger partial charge in [0.15, 0.2) is 0 Å². The van der Waals surface area contributed by atoms with E-state index in [4.69, 9.17) is 5.26 Å². The van der Waals surface area contributed by atoms with Gasteiger partial charge in [0.05, 0.1) is 11.3 Å². The van der Waals surface area contributed by atoms with E-state index in [1.165, 1.54) is 18.7 Å². The van der Waals surface area contributed by atoms with E-state index in [9.17, 15) is 14.7 Å². The Labute approximate surface area is 131 Å². The SMILES string of the molecule is CCN(C(=O)Nc1ccc(Br)cc1C#N)C(C)(C)C(=O)O. The maximum Gasteiger partial charge on any atom is 0.329 e. The van der Waals surface area contributed by atoms with Crippen LogP contribution in [0, 0.1) is 11.3 Å². The number of hydrogen-bond acceptors (Lipinski definition) is 3. The second-order valence-electron chi connectivity index (χ2n) is 4.84. The maximum absolute atomic E-state index is 12.3. The summed E-state index contributed by atoms with van der Waals surface area (Å²) in [7, 11) is 0. The van der Waals surface area contributed by atoms with Crippen molar-refractivity contribution in [2.24, 2.45) is 0 Å². The zero-order chi connectivity index (χ0) is 16.2. The van der Waals surface area contributed by atoms with E-state index in [1.807, 2.05) is 6.07 Å². The number of likely N-dealkylation sites (N-methyl/N-ethyl adjacent to an activating group) is 1. The molecule has 0 bridgehead atoms. The molecule has 0 fully saturated rings. The molecule has 112 valence electrons. The Morgan fingerprint density at radius 1 is 1.48 bits per heavy atom. The molecule has 0 spiro atoms. The Morgan fingerprint density at radius 3 is 2.57 bits per heavy atom. The zero-order valence-electron chi connectivity index (χ0n) is 12.0. The van der Waals surface area contributed by atoms with Gasteiger partial charge in [-0.3, -0.25) is 0 Å². The molecule has 2 N–H and O–H groups in total. The Morgan fingerprint density at radius 2 is 2.10 bits per heavy atom. The molecule has 0 aromatic heterocycles. The average Bonchev–Trinajstić information content (AvgIpc) is 2.41. The van der Waals surface area contributed by atoms with Gasteiger partial charge >= 0.3 is 12.0 Å². The number of aliphatic carboxylic acids is 1. The van der Waals surface area contributed by atoms with Crippen LogP contribution < -0.4 is 5.32 Å². The largest absolute Gasteiger partial charge is 0.480 e. The molecule has 0 saturated heterocycles. The molecule has 1 aromatic rings. The van der Waals surface area contributed by atoms with Crippen LogP contribution in [0.4, 0.5) is 10.5 Å². The number of nitrogens with one attached hydrogen (secondary N) is 1. The highest BCUT2D eigenvalue weighted by Crippen LogP contribution is 2.22. The van der Waals surface area contributed by atoms with Crippen LogP contribution in [0.15, 0.2) is 22.7 Å². The van der Waals surface area contributed by atoms with E-state index >= 15 is 0 Å². The number of nitrogens with zero attached hydrogens (tertiary/aromatic N) is 2. The first kappa shape index (κ1) is 17.0. The molecule has 21 heavy (non-hydrogen) atoms. The number of amides is 2. The van der Waals surface area contributed by atoms with Gasteiger partial charge in [0, 0.05) is 11.0 Å². The van der Waals surface area contributed by atoms with Crippen LogP contribution in [0.3, 0.4) is 0 Å². The number of urea groups is 1. The van der Waals surface area contributed by atoms with Crippen molar-refractivity contribution in [2.45, 2.75) is 26.3 Å². The number of carboxylic acids is 1. The first-order chi connectivity index (χ1) is 9.73. The molecule has 1 rings (SSSR count). The number of carbonyl (C=O) groups excluding carboxylic acids is 1. The van der Waals surface area contributed by atoms with Gasteiger partial charge in [0.1, 0.15) is 11.6 Å². The van der Waals surface area contributed by atoms with Crippen molar-refractivity contribution < 1.29 is 14.7 Å². The lowest BCUT2D eigenvalue weighted by atomic mass is 10.0. The monoisotopic (exact) mass is 353 g/mol. The second-order valence-corrected chi connectivity index (χ2v) is 5.76. The predicted molar refractivity (Wildman–Crippen MR) is 82.0 cm³/mol. The first-order valence-electron chi connectivity index (χ1n) is 6.25. The van der Waals surface area contributed by atoms with Crippen molar-refractivity contribution in [3.05, 3.63) is 28.2 Å². The number of hydrogen-bond donors (Lipinski definition) is 2. The molecular formula is C14H16BrN3O3. The van der Waals surface area contributed by atoms with Crippen LogP contribution in [0.1, 0.15) is 26.3 Å². The summed E-state index contributed by atoms with van der Waals surface area (Å²) in [6.07, 6.45) is 0. The lowest BCUT2D eigenvalue weighted by Crippen LogP contribution is -2.54. The molecule has 6 nitrogen and oxygen atoms in total. The second kappa shape index (κ2) is 6.59. The molecule has 2 amide bonds. The summed E-state index contributed by atoms with van der Waals surface area (Å²) in [6, 6.07) is 6.27. The minimum Gasteiger partial charge on any atom is -0.480 e. The molecule has 0 aliphatic rings. The van der Waals surface area contributed by atoms with Crippen LogP contribution in [-0.4, -0.2) is 34.1 Å². The third-order valence-corrected chi connectivity index (χ3v) is 3.60. The highest BCUT2D eigenvalue weighted by atomic mass is 79.9. The van der Waals surface area contributed by atoms with Crippen molar-refractivity contribution in [3.8, 4) is 6.07 Å². The average molecular weight is 354 g/mol. The minimum absolute atomic E-state index is 0.226. The minimum atomic E-state index is -1.35. The molecule has 0 atom stereocenters. The van der Waals surface area contributed by atoms with E-state index in [2.05, 4.69) is 21.2 Å². The summed E-state index contributed by atoms with van der Waals surface area (Å²) in [5, 5.41) is 20.9. The number of benzene rings is 1. The Kier molecular flexibility index (Phi) is 5.33. The maximum atomic E-state index is 12.3. The summed E-state index contributed by atoms with van der Waals surface area (Å²) in [5.41, 5.74) is -0.715. The van der Waals surface area contributed by atoms with E-state index in [0.717, 1.165) is 4.47 Å². The lowest BCUT2D eigenvalue weighted by molar-refractivity contribution is -0.147. The lowest BCUT2D eigenvalue weighted by Gasteiger charge is -2.34. The zero-order valence-corrected chi connectivity index (χ0v) is 13.6. The molecular weight excluding hydrogens is 338 g/mol. The third kappa shape index (κ3) is 3.73. The van der Waals surface area contributed by atoms with Gasteiger partial charge in [-0.05, 0) is 39.0 Å². The van der Waals surface area contributed by atoms with E-state index in [0.29, 0.717) is 11.3 Å². The fourth-order valence-corrected chi connectivity index (χ4v) is 2.17. The third-order valence-electron chi connectivity index (χ3n) is 3.10. The number of rotatable bonds is 4. The summed E-state index contributed by atoms with van der Waals surface area (Å²) < 4.78 is 0.718. The normalized spacial score (nSPS) is 10.6. The van der Waals surface area contributed by atoms with Crippen molar-refractivity contribution in [3.63, 3.8) is 0 Å². The number of anilines is 1. The fourth-order valence-electron chi connectivity index (χ4n) is 1.81. The smallest absolute Gasteiger partial charge is 0.329 e. The summed E-state index contributed by atoms with van der Waals surface area (Å²) in [4.78, 5) is 24.7. The van der Waals surface area contributed by atoms with Crippen molar-refractivity contribution in [2.75, 3.05) is 11.9 Å². The van der Waals surface area contributed by atoms with Crippen LogP contribution in [-0.2, 0) is 4.79 Å². The molecule has 0 unspecified atom stereocenters. The van der Waals surface area contributed by atoms with Gasteiger partial charge in [-0.15, -0.1) is 0 Å². The fraction of sp³-hybridized carbons (Fsp3) is 0.357. The standard InChI is InChI=1S/C14H16BrN3O3/c1-4-18(14(2,3)12(19)20)13(21)17-11-6-5-10(15)7-9(11)8-16/h5-7H,4H2,1-3H3,(H,17,21)(H,19,20). The van der Waals surface area contributed by atoms with Gasteiger partial charge in [-0.1, -0.05) is 15.9 Å². The molecule has 1 aromatic carbocycles. The number of carbonyl (C=O) groups is 2. The quantitative estimate of drug-likeness (QED) is 0.869. The van der Waals surface area contributed by atoms with Crippen LogP contribution in [0.2, 0.25) is 0 Å². The van der Waals surface area contributed by atoms with Crippen LogP contribution in [0.5, 0.6) is 0 Å². The molecule has 0 aliphatic carbocycles. The van der Waals surface area contributed by atoms with Gasteiger partial charge in [-0.2, -0.15) is 5.26 Å². The highest BCUT2D eigenvalue weighted by Gasteiger charge is 2.37. The van der Waals surface area contributed by atoms with Gasteiger partial charge in [0.25, 0.3) is 0 Å². The van der Waals surface area contributed by atoms with Crippen molar-refractivity contribution >= 4 is 33.6 Å². The van der Waals surface area contributed by atoms with Gasteiger partial charge in [0.2, 0.25) is 0 Å². The summed E-state index contributed by atoms with van der Waals surface area (Å²) in [6.45, 7) is 4.82. The summed E-state index contributed by atoms with van der Waals surface area (Å²) >= 11 is 3.24. The molecule has 0 radical (unpaired) electrons. The van der Waals surface area contributed by atoms with E-state index in [-0.39, 0.29) is 6.54 Å². The predicted octanol–water partition coefficient (Wildman–Crippen LogP) is 3.04. The summed E-state index contributed by atoms with van der Waals surface area (Å²) in [5.74, 6) is -1.10. The Balaban J connectivity index is 3.05. The number of carboxylic acid groups (broad SMARTS) is 1. The van der Waals surface area contributed by atoms with Gasteiger partial charge in [-0.25, -0.2) is 9.59 Å². The molecule has 0 heterocycles. The van der Waals surface area contributed by atoms with Crippen LogP contribution in [0.25, 0.3) is 0 Å². The number of halogens is 1. The first-order valence-corrected chi connectivity index (χ1v) is 7.05. The van der Waals surface area contributed by atoms with Gasteiger partial charge < -0.3 is 15.3 Å². The van der Waals surface area contributed by atoms with Crippen molar-refractivity contribution in [1.82, 2.24) is 4.90 Å².